The maximum Gasteiger partial charge on any atom is 0.367 e. The molecular weight excluding hydrogens is 390 g/mol. The van der Waals surface area contributed by atoms with Crippen LogP contribution in [0.25, 0.3) is 6.08 Å². The summed E-state index contributed by atoms with van der Waals surface area (Å²) in [7, 11) is 0. The first-order valence-corrected chi connectivity index (χ1v) is 7.71. The van der Waals surface area contributed by atoms with Gasteiger partial charge < -0.3 is 9.57 Å². The van der Waals surface area contributed by atoms with E-state index in [4.69, 9.17) is 4.74 Å². The summed E-state index contributed by atoms with van der Waals surface area (Å²) in [5.74, 6) is 0.328. The lowest BCUT2D eigenvalue weighted by atomic mass is 10.1. The first-order chi connectivity index (χ1) is 9.52. The lowest BCUT2D eigenvalue weighted by Crippen LogP contribution is -2.02. The van der Waals surface area contributed by atoms with E-state index in [9.17, 15) is 4.79 Å². The fraction of sp³-hybridized carbons (Fsp3) is 0.286. The van der Waals surface area contributed by atoms with Crippen LogP contribution in [0, 0.1) is 0 Å². The number of ether oxygens (including phenoxy) is 1. The summed E-state index contributed by atoms with van der Waals surface area (Å²) in [6.45, 7) is 4.43. The number of carbonyl (C=O) groups is 1. The summed E-state index contributed by atoms with van der Waals surface area (Å²) < 4.78 is 7.31. The van der Waals surface area contributed by atoms with E-state index in [1.165, 1.54) is 0 Å². The Bertz CT molecular complexity index is 585. The molecular formula is C14H13Br2NO3. The molecule has 0 spiro atoms. The van der Waals surface area contributed by atoms with Gasteiger partial charge in [0, 0.05) is 0 Å². The summed E-state index contributed by atoms with van der Waals surface area (Å²) >= 11 is 6.95. The van der Waals surface area contributed by atoms with E-state index in [1.54, 1.807) is 13.0 Å². The number of hydrogen-bond donors (Lipinski definition) is 0. The number of halogens is 2. The Morgan fingerprint density at radius 1 is 1.35 bits per heavy atom. The maximum absolute atomic E-state index is 11.5. The van der Waals surface area contributed by atoms with Crippen molar-refractivity contribution in [3.63, 3.8) is 0 Å². The lowest BCUT2D eigenvalue weighted by molar-refractivity contribution is -0.136. The van der Waals surface area contributed by atoms with Crippen molar-refractivity contribution in [2.24, 2.45) is 5.16 Å². The highest BCUT2D eigenvalue weighted by atomic mass is 79.9. The summed E-state index contributed by atoms with van der Waals surface area (Å²) in [6.07, 6.45) is 2.68. The van der Waals surface area contributed by atoms with Crippen molar-refractivity contribution in [2.45, 2.75) is 20.3 Å². The zero-order valence-corrected chi connectivity index (χ0v) is 14.2. The molecule has 0 bridgehead atoms. The van der Waals surface area contributed by atoms with Crippen LogP contribution in [-0.4, -0.2) is 18.3 Å². The van der Waals surface area contributed by atoms with E-state index in [1.807, 2.05) is 12.1 Å². The third-order valence-electron chi connectivity index (χ3n) is 2.66. The minimum Gasteiger partial charge on any atom is -0.491 e. The van der Waals surface area contributed by atoms with E-state index in [-0.39, 0.29) is 0 Å². The van der Waals surface area contributed by atoms with Gasteiger partial charge in [0.2, 0.25) is 0 Å². The van der Waals surface area contributed by atoms with E-state index in [0.29, 0.717) is 17.9 Å². The molecule has 2 rings (SSSR count). The summed E-state index contributed by atoms with van der Waals surface area (Å²) in [6, 6.07) is 3.78. The quantitative estimate of drug-likeness (QED) is 0.556. The van der Waals surface area contributed by atoms with Crippen LogP contribution >= 0.6 is 31.9 Å². The second-order valence-electron chi connectivity index (χ2n) is 4.28. The Balaban J connectivity index is 2.33. The smallest absolute Gasteiger partial charge is 0.367 e. The Kier molecular flexibility index (Phi) is 4.99. The van der Waals surface area contributed by atoms with Crippen molar-refractivity contribution in [1.82, 2.24) is 0 Å². The van der Waals surface area contributed by atoms with Gasteiger partial charge in [0.05, 0.1) is 26.8 Å². The molecule has 0 amide bonds. The third kappa shape index (κ3) is 3.30. The van der Waals surface area contributed by atoms with Gasteiger partial charge in [-0.25, -0.2) is 4.79 Å². The second kappa shape index (κ2) is 6.54. The fourth-order valence-electron chi connectivity index (χ4n) is 1.69. The van der Waals surface area contributed by atoms with E-state index in [0.717, 1.165) is 26.7 Å². The van der Waals surface area contributed by atoms with Gasteiger partial charge >= 0.3 is 5.97 Å². The lowest BCUT2D eigenvalue weighted by Gasteiger charge is -2.10. The topological polar surface area (TPSA) is 47.9 Å². The number of rotatable bonds is 4. The van der Waals surface area contributed by atoms with Crippen LogP contribution in [0.15, 0.2) is 31.8 Å². The summed E-state index contributed by atoms with van der Waals surface area (Å²) in [5, 5.41) is 3.65. The van der Waals surface area contributed by atoms with Gasteiger partial charge in [0.25, 0.3) is 0 Å². The molecule has 20 heavy (non-hydrogen) atoms. The number of hydrogen-bond acceptors (Lipinski definition) is 4. The molecule has 0 fully saturated rings. The first-order valence-electron chi connectivity index (χ1n) is 6.12. The first kappa shape index (κ1) is 15.3. The molecule has 0 radical (unpaired) electrons. The molecule has 0 aliphatic carbocycles. The average molecular weight is 403 g/mol. The highest BCUT2D eigenvalue weighted by Gasteiger charge is 2.22. The van der Waals surface area contributed by atoms with Gasteiger partial charge in [0.15, 0.2) is 0 Å². The van der Waals surface area contributed by atoms with Crippen molar-refractivity contribution in [2.75, 3.05) is 6.61 Å². The Morgan fingerprint density at radius 3 is 2.50 bits per heavy atom. The molecule has 0 saturated carbocycles. The summed E-state index contributed by atoms with van der Waals surface area (Å²) in [5.41, 5.74) is 1.90. The van der Waals surface area contributed by atoms with Crippen LogP contribution in [0.3, 0.4) is 0 Å². The van der Waals surface area contributed by atoms with Gasteiger partial charge in [-0.15, -0.1) is 0 Å². The second-order valence-corrected chi connectivity index (χ2v) is 5.98. The average Bonchev–Trinajstić information content (AvgIpc) is 2.70. The minimum absolute atomic E-state index is 0.430. The van der Waals surface area contributed by atoms with Gasteiger partial charge in [-0.1, -0.05) is 12.1 Å². The van der Waals surface area contributed by atoms with Crippen molar-refractivity contribution >= 4 is 49.6 Å². The molecule has 1 aromatic rings. The van der Waals surface area contributed by atoms with Crippen molar-refractivity contribution in [3.05, 3.63) is 32.2 Å². The van der Waals surface area contributed by atoms with Crippen LogP contribution in [-0.2, 0) is 9.63 Å². The largest absolute Gasteiger partial charge is 0.491 e. The normalized spacial score (nSPS) is 16.3. The molecule has 1 aromatic carbocycles. The molecule has 0 unspecified atom stereocenters. The van der Waals surface area contributed by atoms with Gasteiger partial charge in [-0.2, -0.15) is 0 Å². The van der Waals surface area contributed by atoms with E-state index >= 15 is 0 Å². The Labute approximate surface area is 134 Å². The highest BCUT2D eigenvalue weighted by Crippen LogP contribution is 2.35. The Morgan fingerprint density at radius 2 is 2.00 bits per heavy atom. The van der Waals surface area contributed by atoms with Crippen molar-refractivity contribution in [1.29, 1.82) is 0 Å². The molecule has 6 heteroatoms. The monoisotopic (exact) mass is 401 g/mol. The van der Waals surface area contributed by atoms with Gasteiger partial charge in [0.1, 0.15) is 5.75 Å². The van der Waals surface area contributed by atoms with Crippen molar-refractivity contribution < 1.29 is 14.4 Å². The third-order valence-corrected chi connectivity index (χ3v) is 3.84. The zero-order valence-electron chi connectivity index (χ0n) is 11.1. The molecule has 0 atom stereocenters. The van der Waals surface area contributed by atoms with E-state index < -0.39 is 5.97 Å². The number of oxime groups is 1. The van der Waals surface area contributed by atoms with Crippen molar-refractivity contribution in [3.8, 4) is 5.75 Å². The van der Waals surface area contributed by atoms with E-state index in [2.05, 4.69) is 48.8 Å². The molecule has 0 N–H and O–H groups in total. The number of benzene rings is 1. The summed E-state index contributed by atoms with van der Waals surface area (Å²) in [4.78, 5) is 16.1. The standard InChI is InChI=1S/C14H13Br2NO3/c1-3-4-19-13-11(15)6-9(7-12(13)16)5-10-8(2)17-20-14(10)18/h5-7H,3-4H2,1-2H3/b10-5-. The van der Waals surface area contributed by atoms with Gasteiger partial charge in [-0.05, 0) is 69.0 Å². The molecule has 1 aliphatic rings. The predicted octanol–water partition coefficient (Wildman–Crippen LogP) is 4.32. The molecule has 1 aliphatic heterocycles. The van der Waals surface area contributed by atoms with Gasteiger partial charge in [-0.3, -0.25) is 0 Å². The molecule has 1 heterocycles. The van der Waals surface area contributed by atoms with Crippen LogP contribution < -0.4 is 4.74 Å². The van der Waals surface area contributed by atoms with Crippen LogP contribution in [0.4, 0.5) is 0 Å². The zero-order chi connectivity index (χ0) is 14.7. The molecule has 0 saturated heterocycles. The highest BCUT2D eigenvalue weighted by molar-refractivity contribution is 9.11. The number of carbonyl (C=O) groups excluding carboxylic acids is 1. The number of nitrogens with zero attached hydrogens (tertiary/aromatic N) is 1. The molecule has 0 aromatic heterocycles. The molecule has 4 nitrogen and oxygen atoms in total. The minimum atomic E-state index is -0.430. The molecule has 106 valence electrons. The van der Waals surface area contributed by atoms with Crippen LogP contribution in [0.2, 0.25) is 0 Å². The fourth-order valence-corrected chi connectivity index (χ4v) is 3.14. The predicted molar refractivity (Wildman–Crippen MR) is 84.8 cm³/mol. The Hall–Kier alpha value is -1.14. The SMILES string of the molecule is CCCOc1c(Br)cc(/C=C2\C(=O)ON=C2C)cc1Br. The maximum atomic E-state index is 11.5. The van der Waals surface area contributed by atoms with Crippen LogP contribution in [0.5, 0.6) is 5.75 Å². The van der Waals surface area contributed by atoms with Crippen LogP contribution in [0.1, 0.15) is 25.8 Å².